The number of amides is 1. The Kier molecular flexibility index (Phi) is 7.43. The van der Waals surface area contributed by atoms with Crippen LogP contribution in [0.4, 0.5) is 0 Å². The third-order valence-electron chi connectivity index (χ3n) is 2.88. The van der Waals surface area contributed by atoms with E-state index in [0.717, 1.165) is 17.6 Å². The average Bonchev–Trinajstić information content (AvgIpc) is 2.22. The topological polar surface area (TPSA) is 23.6 Å². The number of hydrogen-bond acceptors (Lipinski definition) is 2. The number of hydrogen-bond donors (Lipinski definition) is 0. The van der Waals surface area contributed by atoms with Crippen LogP contribution in [0, 0.1) is 0 Å². The van der Waals surface area contributed by atoms with Crippen molar-refractivity contribution in [3.63, 3.8) is 0 Å². The first-order valence-electron chi connectivity index (χ1n) is 6.03. The van der Waals surface area contributed by atoms with E-state index in [-0.39, 0.29) is 11.4 Å². The van der Waals surface area contributed by atoms with Gasteiger partial charge in [-0.25, -0.2) is 4.42 Å². The van der Waals surface area contributed by atoms with E-state index in [2.05, 4.69) is 43.7 Å². The Morgan fingerprint density at radius 3 is 2.22 bits per heavy atom. The van der Waals surface area contributed by atoms with E-state index in [1.54, 1.807) is 9.32 Å². The predicted octanol–water partition coefficient (Wildman–Crippen LogP) is 2.17. The van der Waals surface area contributed by atoms with Gasteiger partial charge in [-0.05, 0) is 25.6 Å². The monoisotopic (exact) mass is 390 g/mol. The van der Waals surface area contributed by atoms with Crippen molar-refractivity contribution in [1.29, 1.82) is 0 Å². The molecule has 1 amide bonds. The molecule has 0 saturated heterocycles. The molecule has 18 heavy (non-hydrogen) atoms. The minimum absolute atomic E-state index is 0.143. The molecular formula is C12H26ClIN3O+. The highest BCUT2D eigenvalue weighted by Gasteiger charge is 2.29. The zero-order valence-corrected chi connectivity index (χ0v) is 15.2. The fraction of sp³-hybridized carbons (Fsp3) is 0.917. The molecule has 0 aliphatic heterocycles. The van der Waals surface area contributed by atoms with Crippen LogP contribution in [0.5, 0.6) is 0 Å². The molecule has 0 fully saturated rings. The molecule has 0 radical (unpaired) electrons. The Hall–Kier alpha value is 0.410. The van der Waals surface area contributed by atoms with Gasteiger partial charge in [-0.2, -0.15) is 0 Å². The van der Waals surface area contributed by atoms with E-state index in [1.807, 2.05) is 20.9 Å². The summed E-state index contributed by atoms with van der Waals surface area (Å²) in [6, 6.07) is 0. The fourth-order valence-electron chi connectivity index (χ4n) is 1.33. The molecule has 0 spiro atoms. The summed E-state index contributed by atoms with van der Waals surface area (Å²) in [5.74, 6) is 0.143. The number of halogens is 2. The van der Waals surface area contributed by atoms with E-state index in [0.29, 0.717) is 11.0 Å². The highest BCUT2D eigenvalue weighted by molar-refractivity contribution is 14.1. The molecule has 0 N–H and O–H groups in total. The zero-order chi connectivity index (χ0) is 14.6. The van der Waals surface area contributed by atoms with Gasteiger partial charge in [0, 0.05) is 19.0 Å². The molecule has 4 nitrogen and oxygen atoms in total. The number of carbonyl (C=O) groups is 1. The van der Waals surface area contributed by atoms with Crippen LogP contribution >= 0.6 is 34.4 Å². The summed E-state index contributed by atoms with van der Waals surface area (Å²) in [4.78, 5) is 13.9. The maximum atomic E-state index is 12.1. The summed E-state index contributed by atoms with van der Waals surface area (Å²) >= 11 is 8.30. The number of likely N-dealkylation sites (N-methyl/N-ethyl adjacent to an activating group) is 2. The van der Waals surface area contributed by atoms with E-state index in [4.69, 9.17) is 11.8 Å². The van der Waals surface area contributed by atoms with Crippen LogP contribution in [0.1, 0.15) is 20.3 Å². The molecule has 0 aromatic carbocycles. The first-order chi connectivity index (χ1) is 7.99. The smallest absolute Gasteiger partial charge is 0.224 e. The Morgan fingerprint density at radius 1 is 1.33 bits per heavy atom. The molecule has 0 heterocycles. The standard InChI is InChI=1S/C12H26ClIN3O/c1-12(2,16(13)10-14)9-11(18)15(3)7-8-17(4,5)6/h7-10H2,1-6H3/q+1. The van der Waals surface area contributed by atoms with Crippen molar-refractivity contribution in [1.82, 2.24) is 9.32 Å². The van der Waals surface area contributed by atoms with Crippen LogP contribution in [-0.4, -0.2) is 71.1 Å². The van der Waals surface area contributed by atoms with Crippen molar-refractivity contribution in [2.45, 2.75) is 25.8 Å². The number of carbonyl (C=O) groups excluding carboxylic acids is 1. The summed E-state index contributed by atoms with van der Waals surface area (Å²) in [5, 5.41) is 0. The normalized spacial score (nSPS) is 12.9. The van der Waals surface area contributed by atoms with Crippen LogP contribution in [0.3, 0.4) is 0 Å². The molecule has 0 bridgehead atoms. The Morgan fingerprint density at radius 2 is 1.83 bits per heavy atom. The summed E-state index contributed by atoms with van der Waals surface area (Å²) in [6.45, 7) is 5.69. The van der Waals surface area contributed by atoms with Gasteiger partial charge in [0.2, 0.25) is 5.91 Å². The highest BCUT2D eigenvalue weighted by Crippen LogP contribution is 2.23. The summed E-state index contributed by atoms with van der Waals surface area (Å²) < 4.78 is 3.23. The fourth-order valence-corrected chi connectivity index (χ4v) is 2.31. The van der Waals surface area contributed by atoms with E-state index >= 15 is 0 Å². The number of alkyl halides is 1. The van der Waals surface area contributed by atoms with Crippen molar-refractivity contribution in [3.05, 3.63) is 0 Å². The third-order valence-corrected chi connectivity index (χ3v) is 4.54. The lowest BCUT2D eigenvalue weighted by molar-refractivity contribution is -0.869. The molecule has 0 atom stereocenters. The molecule has 108 valence electrons. The van der Waals surface area contributed by atoms with E-state index < -0.39 is 0 Å². The molecular weight excluding hydrogens is 365 g/mol. The summed E-state index contributed by atoms with van der Waals surface area (Å²) in [6.07, 6.45) is 0.438. The van der Waals surface area contributed by atoms with Crippen molar-refractivity contribution < 1.29 is 9.28 Å². The Bertz CT molecular complexity index is 279. The van der Waals surface area contributed by atoms with Gasteiger partial charge in [0.15, 0.2) is 0 Å². The van der Waals surface area contributed by atoms with Gasteiger partial charge in [0.1, 0.15) is 0 Å². The minimum Gasteiger partial charge on any atom is -0.340 e. The lowest BCUT2D eigenvalue weighted by atomic mass is 10.0. The molecule has 0 aromatic heterocycles. The molecule has 0 saturated carbocycles. The summed E-state index contributed by atoms with van der Waals surface area (Å²) in [5.41, 5.74) is -0.315. The van der Waals surface area contributed by atoms with Gasteiger partial charge in [0.25, 0.3) is 0 Å². The van der Waals surface area contributed by atoms with Gasteiger partial charge in [0.05, 0.1) is 38.8 Å². The van der Waals surface area contributed by atoms with Crippen LogP contribution < -0.4 is 0 Å². The molecule has 0 aliphatic carbocycles. The van der Waals surface area contributed by atoms with Crippen molar-refractivity contribution >= 4 is 40.3 Å². The van der Waals surface area contributed by atoms with Gasteiger partial charge in [-0.15, -0.1) is 0 Å². The van der Waals surface area contributed by atoms with E-state index in [1.165, 1.54) is 0 Å². The van der Waals surface area contributed by atoms with Crippen LogP contribution in [-0.2, 0) is 4.79 Å². The van der Waals surface area contributed by atoms with Gasteiger partial charge < -0.3 is 9.38 Å². The first-order valence-corrected chi connectivity index (χ1v) is 7.90. The lowest BCUT2D eigenvalue weighted by Gasteiger charge is -2.33. The van der Waals surface area contributed by atoms with Gasteiger partial charge in [-0.3, -0.25) is 4.79 Å². The number of quaternary nitrogens is 1. The Balaban J connectivity index is 4.32. The first kappa shape index (κ1) is 18.4. The second-order valence-corrected chi connectivity index (χ2v) is 7.39. The second kappa shape index (κ2) is 7.26. The SMILES string of the molecule is CN(CC[N+](C)(C)C)C(=O)CC(C)(C)N(Cl)CI. The molecule has 0 unspecified atom stereocenters. The van der Waals surface area contributed by atoms with Gasteiger partial charge in [-0.1, -0.05) is 22.6 Å². The van der Waals surface area contributed by atoms with E-state index in [9.17, 15) is 4.79 Å². The molecule has 6 heteroatoms. The zero-order valence-electron chi connectivity index (χ0n) is 12.3. The predicted molar refractivity (Wildman–Crippen MR) is 85.8 cm³/mol. The number of nitrogens with zero attached hydrogens (tertiary/aromatic N) is 3. The Labute approximate surface area is 130 Å². The highest BCUT2D eigenvalue weighted by atomic mass is 127. The largest absolute Gasteiger partial charge is 0.340 e. The van der Waals surface area contributed by atoms with Crippen molar-refractivity contribution in [2.75, 3.05) is 45.8 Å². The van der Waals surface area contributed by atoms with Crippen LogP contribution in [0.15, 0.2) is 0 Å². The molecule has 0 aromatic rings. The molecule has 0 aliphatic rings. The van der Waals surface area contributed by atoms with Crippen LogP contribution in [0.2, 0.25) is 0 Å². The van der Waals surface area contributed by atoms with Crippen molar-refractivity contribution in [3.8, 4) is 0 Å². The minimum atomic E-state index is -0.315. The maximum Gasteiger partial charge on any atom is 0.224 e. The summed E-state index contributed by atoms with van der Waals surface area (Å²) in [7, 11) is 8.23. The second-order valence-electron chi connectivity index (χ2n) is 6.30. The number of rotatable bonds is 7. The molecule has 0 rings (SSSR count). The average molecular weight is 391 g/mol. The lowest BCUT2D eigenvalue weighted by Crippen LogP contribution is -2.46. The van der Waals surface area contributed by atoms with Gasteiger partial charge >= 0.3 is 0 Å². The maximum absolute atomic E-state index is 12.1. The third kappa shape index (κ3) is 7.11. The van der Waals surface area contributed by atoms with Crippen LogP contribution in [0.25, 0.3) is 0 Å². The quantitative estimate of drug-likeness (QED) is 0.219. The van der Waals surface area contributed by atoms with Crippen molar-refractivity contribution in [2.24, 2.45) is 0 Å².